The smallest absolute Gasteiger partial charge is 0.151 e. The largest absolute Gasteiger partial charge is 0.353 e. The Morgan fingerprint density at radius 1 is 0.283 bits per heavy atom. The fraction of sp³-hybridized carbons (Fsp3) is 0.156. The van der Waals surface area contributed by atoms with Crippen molar-refractivity contribution in [2.45, 2.75) is 56.3 Å². The second-order valence-corrected chi connectivity index (χ2v) is 27.6. The third kappa shape index (κ3) is 14.7. The summed E-state index contributed by atoms with van der Waals surface area (Å²) in [6.07, 6.45) is 20.2. The van der Waals surface area contributed by atoms with Crippen molar-refractivity contribution in [1.82, 2.24) is 65.6 Å². The first-order valence-corrected chi connectivity index (χ1v) is 36.2. The van der Waals surface area contributed by atoms with Crippen LogP contribution in [0.15, 0.2) is 280 Å². The third-order valence-corrected chi connectivity index (χ3v) is 20.3. The van der Waals surface area contributed by atoms with E-state index in [9.17, 15) is 8.78 Å². The highest BCUT2D eigenvalue weighted by molar-refractivity contribution is 5.99. The highest BCUT2D eigenvalue weighted by atomic mass is 19.1. The molecule has 3 aliphatic carbocycles. The van der Waals surface area contributed by atoms with E-state index in [4.69, 9.17) is 0 Å². The lowest BCUT2D eigenvalue weighted by Gasteiger charge is -2.33. The van der Waals surface area contributed by atoms with E-state index in [1.165, 1.54) is 59.6 Å². The van der Waals surface area contributed by atoms with Crippen molar-refractivity contribution in [3.05, 3.63) is 309 Å². The van der Waals surface area contributed by atoms with Gasteiger partial charge >= 0.3 is 0 Å². The maximum atomic E-state index is 14.7. The van der Waals surface area contributed by atoms with Crippen LogP contribution in [0.5, 0.6) is 0 Å². The first-order valence-electron chi connectivity index (χ1n) is 36.2. The average Bonchev–Trinajstić information content (AvgIpc) is 1.35. The standard InChI is InChI=1S/C24H22FN5.C22H16FN3.2C22H17N3/c1-29-10-12-30(13-11-29)23-15-21(20-8-9-26-16-22(20)25)24(28-27-23)19-7-6-17-4-2-3-5-18(17)14-19;23-20-13-24-10-9-18(20)19-12-21(15-6-7-15)25-26-22(19)17-8-5-14-3-1-2-4-16(14)11-17;1-2-6-18-15(4-1)5-3-7-19(18)22-20(16-10-12-23-13-11-16)14-21(24-25-22)17-8-9-17;1-2-4-18-13-19(8-5-15(18)3-1)22-20(16-9-11-23-12-10-16)14-21(24-25-22)17-6-7-17/h2-9,14-16H,10-13H2,1H3;1-5,8-13,15H,6-7H2;1-7,10-14,17H,8-9H2;1-5,8-14,17H,6-7H2. The Bertz CT molecular complexity index is 5850. The van der Waals surface area contributed by atoms with E-state index in [0.29, 0.717) is 40.3 Å². The van der Waals surface area contributed by atoms with Gasteiger partial charge in [-0.1, -0.05) is 152 Å². The number of hydrogen-bond donors (Lipinski definition) is 0. The topological polar surface area (TPSA) is 161 Å². The lowest BCUT2D eigenvalue weighted by Crippen LogP contribution is -2.44. The number of aromatic nitrogens is 12. The summed E-state index contributed by atoms with van der Waals surface area (Å²) in [5.41, 5.74) is 17.5. The van der Waals surface area contributed by atoms with Gasteiger partial charge in [-0.25, -0.2) is 8.78 Å². The molecule has 3 saturated carbocycles. The van der Waals surface area contributed by atoms with Crippen molar-refractivity contribution in [2.75, 3.05) is 38.1 Å². The number of halogens is 2. The van der Waals surface area contributed by atoms with Gasteiger partial charge in [0.15, 0.2) is 5.82 Å². The number of anilines is 1. The van der Waals surface area contributed by atoms with Crippen LogP contribution in [0.25, 0.3) is 133 Å². The van der Waals surface area contributed by atoms with E-state index in [1.807, 2.05) is 97.6 Å². The van der Waals surface area contributed by atoms with E-state index in [-0.39, 0.29) is 11.6 Å². The summed E-state index contributed by atoms with van der Waals surface area (Å²) in [5, 5.41) is 45.8. The molecule has 0 unspecified atom stereocenters. The average molecular weight is 1390 g/mol. The van der Waals surface area contributed by atoms with Crippen LogP contribution >= 0.6 is 0 Å². The lowest BCUT2D eigenvalue weighted by molar-refractivity contribution is 0.312. The van der Waals surface area contributed by atoms with Gasteiger partial charge in [-0.05, 0) is 179 Å². The molecule has 8 aromatic carbocycles. The molecule has 8 aromatic heterocycles. The van der Waals surface area contributed by atoms with Crippen molar-refractivity contribution in [3.63, 3.8) is 0 Å². The molecule has 16 aromatic rings. The highest BCUT2D eigenvalue weighted by Crippen LogP contribution is 2.46. The van der Waals surface area contributed by atoms with Crippen LogP contribution in [-0.2, 0) is 0 Å². The molecule has 0 amide bonds. The first kappa shape index (κ1) is 66.6. The van der Waals surface area contributed by atoms with Gasteiger partial charge in [0.1, 0.15) is 34.4 Å². The predicted octanol–water partition coefficient (Wildman–Crippen LogP) is 20.1. The minimum atomic E-state index is -0.364. The van der Waals surface area contributed by atoms with Gasteiger partial charge in [0, 0.05) is 137 Å². The van der Waals surface area contributed by atoms with Gasteiger partial charge < -0.3 is 9.80 Å². The van der Waals surface area contributed by atoms with Crippen LogP contribution in [0.2, 0.25) is 0 Å². The lowest BCUT2D eigenvalue weighted by atomic mass is 9.95. The van der Waals surface area contributed by atoms with E-state index in [0.717, 1.165) is 150 Å². The van der Waals surface area contributed by atoms with Crippen molar-refractivity contribution in [1.29, 1.82) is 0 Å². The Balaban J connectivity index is 0.000000104. The fourth-order valence-electron chi connectivity index (χ4n) is 13.9. The van der Waals surface area contributed by atoms with Crippen LogP contribution < -0.4 is 4.90 Å². The summed E-state index contributed by atoms with van der Waals surface area (Å²) in [4.78, 5) is 20.6. The first-order chi connectivity index (χ1) is 52.3. The van der Waals surface area contributed by atoms with Gasteiger partial charge in [-0.15, -0.1) is 25.5 Å². The molecule has 16 heteroatoms. The molecule has 0 N–H and O–H groups in total. The molecule has 0 atom stereocenters. The monoisotopic (exact) mass is 1390 g/mol. The maximum absolute atomic E-state index is 14.7. The van der Waals surface area contributed by atoms with Crippen LogP contribution in [0.3, 0.4) is 0 Å². The number of benzene rings is 8. The zero-order valence-electron chi connectivity index (χ0n) is 58.4. The maximum Gasteiger partial charge on any atom is 0.151 e. The quantitative estimate of drug-likeness (QED) is 0.114. The number of hydrogen-bond acceptors (Lipinski definition) is 14. The minimum Gasteiger partial charge on any atom is -0.353 e. The molecular formula is C90H72F2N14. The Morgan fingerprint density at radius 3 is 1.12 bits per heavy atom. The third-order valence-electron chi connectivity index (χ3n) is 20.3. The van der Waals surface area contributed by atoms with Gasteiger partial charge in [0.25, 0.3) is 0 Å². The molecule has 14 nitrogen and oxygen atoms in total. The van der Waals surface area contributed by atoms with E-state index in [1.54, 1.807) is 24.5 Å². The zero-order valence-corrected chi connectivity index (χ0v) is 58.4. The molecule has 1 aliphatic heterocycles. The normalized spacial score (nSPS) is 14.2. The van der Waals surface area contributed by atoms with Gasteiger partial charge in [-0.3, -0.25) is 19.9 Å². The number of fused-ring (bicyclic) bond motifs is 4. The summed E-state index contributed by atoms with van der Waals surface area (Å²) in [5.74, 6) is 1.69. The molecule has 1 saturated heterocycles. The minimum absolute atomic E-state index is 0.343. The van der Waals surface area contributed by atoms with Crippen LogP contribution in [-0.4, -0.2) is 98.9 Å². The van der Waals surface area contributed by atoms with Crippen LogP contribution in [0.4, 0.5) is 14.6 Å². The Kier molecular flexibility index (Phi) is 18.8. The molecule has 4 aliphatic rings. The van der Waals surface area contributed by atoms with Crippen LogP contribution in [0.1, 0.15) is 73.4 Å². The van der Waals surface area contributed by atoms with E-state index >= 15 is 0 Å². The number of likely N-dealkylation sites (N-methyl/N-ethyl adjacent to an activating group) is 1. The summed E-state index contributed by atoms with van der Waals surface area (Å²) < 4.78 is 29.2. The summed E-state index contributed by atoms with van der Waals surface area (Å²) in [7, 11) is 2.11. The molecule has 106 heavy (non-hydrogen) atoms. The van der Waals surface area contributed by atoms with Crippen molar-refractivity contribution >= 4 is 48.9 Å². The van der Waals surface area contributed by atoms with Gasteiger partial charge in [-0.2, -0.15) is 15.3 Å². The molecule has 20 rings (SSSR count). The molecule has 0 radical (unpaired) electrons. The molecule has 0 bridgehead atoms. The number of nitrogens with zero attached hydrogens (tertiary/aromatic N) is 14. The molecular weight excluding hydrogens is 1320 g/mol. The number of pyridine rings is 4. The number of piperazine rings is 1. The zero-order chi connectivity index (χ0) is 71.3. The summed E-state index contributed by atoms with van der Waals surface area (Å²) in [6.45, 7) is 3.68. The second-order valence-electron chi connectivity index (χ2n) is 27.6. The van der Waals surface area contributed by atoms with Crippen LogP contribution in [0, 0.1) is 11.6 Å². The summed E-state index contributed by atoms with van der Waals surface area (Å²) in [6, 6.07) is 78.3. The Morgan fingerprint density at radius 2 is 0.660 bits per heavy atom. The van der Waals surface area contributed by atoms with E-state index < -0.39 is 0 Å². The molecule has 4 fully saturated rings. The van der Waals surface area contributed by atoms with Crippen molar-refractivity contribution in [3.8, 4) is 89.5 Å². The molecule has 9 heterocycles. The SMILES string of the molecule is CN1CCN(c2cc(-c3ccncc3F)c(-c3ccc4ccccc4c3)nn2)CC1.Fc1cnccc1-c1cc(C2CC2)nnc1-c1ccc2ccccc2c1.c1ccc2c(-c3nnc(C4CC4)cc3-c3ccncc3)cccc2c1.c1ccc2cc(-c3nnc(C4CC4)cc3-c3ccncc3)ccc2c1. The molecule has 516 valence electrons. The fourth-order valence-corrected chi connectivity index (χ4v) is 13.9. The second kappa shape index (κ2) is 30.0. The van der Waals surface area contributed by atoms with Gasteiger partial charge in [0.2, 0.25) is 0 Å². The predicted molar refractivity (Wildman–Crippen MR) is 418 cm³/mol. The Hall–Kier alpha value is -12.7. The van der Waals surface area contributed by atoms with Crippen molar-refractivity contribution in [2.24, 2.45) is 0 Å². The summed E-state index contributed by atoms with van der Waals surface area (Å²) >= 11 is 0. The van der Waals surface area contributed by atoms with E-state index in [2.05, 4.69) is 223 Å². The number of rotatable bonds is 12. The van der Waals surface area contributed by atoms with Crippen molar-refractivity contribution < 1.29 is 8.78 Å². The Labute approximate surface area is 612 Å². The highest BCUT2D eigenvalue weighted by Gasteiger charge is 2.30. The molecule has 0 spiro atoms. The van der Waals surface area contributed by atoms with Gasteiger partial charge in [0.05, 0.1) is 29.5 Å².